The number of carbonyl (C=O) groups excluding carboxylic acids is 1. The molecule has 9 heteroatoms. The Kier molecular flexibility index (Phi) is 6.81. The lowest BCUT2D eigenvalue weighted by atomic mass is 10.3. The highest BCUT2D eigenvalue weighted by Gasteiger charge is 2.05. The fourth-order valence-electron chi connectivity index (χ4n) is 1.60. The first-order chi connectivity index (χ1) is 10.9. The zero-order chi connectivity index (χ0) is 17.4. The highest BCUT2D eigenvalue weighted by molar-refractivity contribution is 5.70. The van der Waals surface area contributed by atoms with E-state index in [-0.39, 0.29) is 30.3 Å². The second-order valence-corrected chi connectivity index (χ2v) is 4.56. The fraction of sp³-hybridized carbons (Fsp3) is 0.357. The van der Waals surface area contributed by atoms with Gasteiger partial charge in [0.2, 0.25) is 0 Å². The minimum Gasteiger partial charge on any atom is -0.468 e. The molecular formula is C14H19N5O4. The van der Waals surface area contributed by atoms with Gasteiger partial charge in [-0.15, -0.1) is 0 Å². The predicted octanol–water partition coefficient (Wildman–Crippen LogP) is -1.19. The van der Waals surface area contributed by atoms with Crippen LogP contribution in [0.2, 0.25) is 0 Å². The lowest BCUT2D eigenvalue weighted by Crippen LogP contribution is -2.38. The quantitative estimate of drug-likeness (QED) is 0.705. The van der Waals surface area contributed by atoms with Crippen LogP contribution in [0.1, 0.15) is 11.4 Å². The van der Waals surface area contributed by atoms with E-state index in [4.69, 9.17) is 5.73 Å². The van der Waals surface area contributed by atoms with Crippen molar-refractivity contribution >= 4 is 5.97 Å². The zero-order valence-electron chi connectivity index (χ0n) is 13.2. The van der Waals surface area contributed by atoms with Crippen molar-refractivity contribution in [1.82, 2.24) is 19.1 Å². The topological polar surface area (TPSA) is 122 Å². The molecule has 23 heavy (non-hydrogen) atoms. The molecule has 0 saturated carbocycles. The molecule has 0 atom stereocenters. The third-order valence-electron chi connectivity index (χ3n) is 2.81. The maximum Gasteiger partial charge on any atom is 0.331 e. The number of esters is 1. The van der Waals surface area contributed by atoms with Gasteiger partial charge in [0.15, 0.2) is 0 Å². The predicted molar refractivity (Wildman–Crippen MR) is 82.9 cm³/mol. The Balaban J connectivity index is 0.000000379. The molecule has 0 aliphatic carbocycles. The van der Waals surface area contributed by atoms with Gasteiger partial charge in [-0.05, 0) is 13.0 Å². The second-order valence-electron chi connectivity index (χ2n) is 4.56. The van der Waals surface area contributed by atoms with Crippen molar-refractivity contribution < 1.29 is 9.53 Å². The van der Waals surface area contributed by atoms with Crippen molar-refractivity contribution in [3.63, 3.8) is 0 Å². The Morgan fingerprint density at radius 3 is 2.57 bits per heavy atom. The molecule has 9 nitrogen and oxygen atoms in total. The molecular weight excluding hydrogens is 302 g/mol. The van der Waals surface area contributed by atoms with E-state index in [1.165, 1.54) is 30.3 Å². The summed E-state index contributed by atoms with van der Waals surface area (Å²) >= 11 is 0. The number of aryl methyl sites for hydroxylation is 2. The summed E-state index contributed by atoms with van der Waals surface area (Å²) in [7, 11) is 2.90. The summed E-state index contributed by atoms with van der Waals surface area (Å²) in [6.07, 6.45) is 2.87. The molecule has 0 bridgehead atoms. The number of hydrogen-bond acceptors (Lipinski definition) is 7. The van der Waals surface area contributed by atoms with Gasteiger partial charge < -0.3 is 15.0 Å². The monoisotopic (exact) mass is 321 g/mol. The molecule has 0 spiro atoms. The number of aromatic nitrogens is 4. The van der Waals surface area contributed by atoms with Crippen molar-refractivity contribution in [1.29, 1.82) is 0 Å². The van der Waals surface area contributed by atoms with Crippen LogP contribution < -0.4 is 17.0 Å². The van der Waals surface area contributed by atoms with Gasteiger partial charge in [0.05, 0.1) is 25.9 Å². The Morgan fingerprint density at radius 1 is 1.35 bits per heavy atom. The van der Waals surface area contributed by atoms with Crippen LogP contribution in [0.5, 0.6) is 0 Å². The average molecular weight is 321 g/mol. The zero-order valence-corrected chi connectivity index (χ0v) is 13.2. The van der Waals surface area contributed by atoms with Gasteiger partial charge in [0.25, 0.3) is 5.56 Å². The Morgan fingerprint density at radius 2 is 2.04 bits per heavy atom. The molecule has 0 aliphatic heterocycles. The normalized spacial score (nSPS) is 9.74. The minimum absolute atomic E-state index is 0.0312. The first kappa shape index (κ1) is 18.2. The molecule has 2 aromatic rings. The van der Waals surface area contributed by atoms with Gasteiger partial charge in [0, 0.05) is 25.0 Å². The summed E-state index contributed by atoms with van der Waals surface area (Å²) < 4.78 is 6.63. The fourth-order valence-corrected chi connectivity index (χ4v) is 1.60. The third-order valence-corrected chi connectivity index (χ3v) is 2.81. The smallest absolute Gasteiger partial charge is 0.331 e. The summed E-state index contributed by atoms with van der Waals surface area (Å²) in [4.78, 5) is 41.2. The van der Waals surface area contributed by atoms with E-state index < -0.39 is 0 Å². The van der Waals surface area contributed by atoms with Crippen molar-refractivity contribution in [3.8, 4) is 0 Å². The molecule has 2 N–H and O–H groups in total. The third kappa shape index (κ3) is 5.47. The van der Waals surface area contributed by atoms with Crippen LogP contribution in [0.15, 0.2) is 34.2 Å². The Labute approximate surface area is 132 Å². The van der Waals surface area contributed by atoms with Crippen LogP contribution >= 0.6 is 0 Å². The first-order valence-electron chi connectivity index (χ1n) is 6.70. The molecule has 124 valence electrons. The van der Waals surface area contributed by atoms with E-state index in [2.05, 4.69) is 14.7 Å². The number of ether oxygens (including phenoxy) is 1. The Bertz CT molecular complexity index is 775. The Hall–Kier alpha value is -2.81. The number of rotatable bonds is 3. The van der Waals surface area contributed by atoms with E-state index in [1.54, 1.807) is 13.1 Å². The summed E-state index contributed by atoms with van der Waals surface area (Å²) in [6, 6.07) is 3.11. The maximum atomic E-state index is 11.8. The van der Waals surface area contributed by atoms with Crippen LogP contribution in [0, 0.1) is 6.92 Å². The number of hydrogen-bond donors (Lipinski definition) is 1. The molecule has 0 aromatic carbocycles. The minimum atomic E-state index is -0.380. The maximum absolute atomic E-state index is 11.8. The molecule has 0 fully saturated rings. The SMILES string of the molecule is COC(=O)CN.Cc1cc(Cn2c(=O)ccn(C)c2=O)ncn1. The van der Waals surface area contributed by atoms with E-state index in [9.17, 15) is 14.4 Å². The van der Waals surface area contributed by atoms with Gasteiger partial charge in [-0.1, -0.05) is 0 Å². The molecule has 2 rings (SSSR count). The van der Waals surface area contributed by atoms with Gasteiger partial charge in [-0.3, -0.25) is 14.2 Å². The van der Waals surface area contributed by atoms with Gasteiger partial charge in [0.1, 0.15) is 6.33 Å². The van der Waals surface area contributed by atoms with Crippen LogP contribution in [0.25, 0.3) is 0 Å². The molecule has 0 aliphatic rings. The largest absolute Gasteiger partial charge is 0.468 e. The summed E-state index contributed by atoms with van der Waals surface area (Å²) in [5.74, 6) is -0.380. The van der Waals surface area contributed by atoms with Crippen LogP contribution in [-0.4, -0.2) is 38.7 Å². The van der Waals surface area contributed by atoms with Crippen LogP contribution in [0.4, 0.5) is 0 Å². The highest BCUT2D eigenvalue weighted by atomic mass is 16.5. The summed E-state index contributed by atoms with van der Waals surface area (Å²) in [5.41, 5.74) is 5.57. The summed E-state index contributed by atoms with van der Waals surface area (Å²) in [6.45, 7) is 1.96. The number of methoxy groups -OCH3 is 1. The second kappa shape index (κ2) is 8.59. The van der Waals surface area contributed by atoms with Gasteiger partial charge in [-0.25, -0.2) is 14.8 Å². The first-order valence-corrected chi connectivity index (χ1v) is 6.70. The lowest BCUT2D eigenvalue weighted by molar-refractivity contribution is -0.138. The van der Waals surface area contributed by atoms with Crippen molar-refractivity contribution in [2.75, 3.05) is 13.7 Å². The molecule has 0 amide bonds. The lowest BCUT2D eigenvalue weighted by Gasteiger charge is -2.05. The van der Waals surface area contributed by atoms with Gasteiger partial charge >= 0.3 is 11.7 Å². The molecule has 0 radical (unpaired) electrons. The van der Waals surface area contributed by atoms with Crippen LogP contribution in [0.3, 0.4) is 0 Å². The van der Waals surface area contributed by atoms with E-state index in [0.29, 0.717) is 5.69 Å². The molecule has 2 aromatic heterocycles. The van der Waals surface area contributed by atoms with E-state index in [0.717, 1.165) is 10.3 Å². The van der Waals surface area contributed by atoms with Crippen molar-refractivity contribution in [3.05, 3.63) is 56.9 Å². The number of nitrogens with zero attached hydrogens (tertiary/aromatic N) is 4. The molecule has 0 saturated heterocycles. The van der Waals surface area contributed by atoms with Crippen molar-refractivity contribution in [2.24, 2.45) is 12.8 Å². The van der Waals surface area contributed by atoms with Crippen LogP contribution in [-0.2, 0) is 23.1 Å². The standard InChI is InChI=1S/C11H12N4O2.C3H7NO2/c1-8-5-9(13-7-12-8)6-15-10(16)3-4-14(2)11(15)17;1-6-3(5)2-4/h3-5,7H,6H2,1-2H3;2,4H2,1H3. The number of carbonyl (C=O) groups is 1. The van der Waals surface area contributed by atoms with E-state index in [1.807, 2.05) is 6.92 Å². The van der Waals surface area contributed by atoms with E-state index >= 15 is 0 Å². The molecule has 0 unspecified atom stereocenters. The van der Waals surface area contributed by atoms with Gasteiger partial charge in [-0.2, -0.15) is 0 Å². The van der Waals surface area contributed by atoms with Crippen molar-refractivity contribution in [2.45, 2.75) is 13.5 Å². The molecule has 2 heterocycles. The average Bonchev–Trinajstić information content (AvgIpc) is 2.55. The summed E-state index contributed by atoms with van der Waals surface area (Å²) in [5, 5.41) is 0. The highest BCUT2D eigenvalue weighted by Crippen LogP contribution is 1.96. The number of nitrogens with two attached hydrogens (primary N) is 1.